The predicted octanol–water partition coefficient (Wildman–Crippen LogP) is 0.684. The Morgan fingerprint density at radius 1 is 1.29 bits per heavy atom. The molecule has 2 aromatic rings. The number of fused-ring (bicyclic) bond motifs is 1. The van der Waals surface area contributed by atoms with Gasteiger partial charge in [0, 0.05) is 38.0 Å². The van der Waals surface area contributed by atoms with Crippen molar-refractivity contribution in [3.63, 3.8) is 0 Å². The molecule has 24 heavy (non-hydrogen) atoms. The van der Waals surface area contributed by atoms with Gasteiger partial charge in [0.15, 0.2) is 11.5 Å². The Morgan fingerprint density at radius 3 is 2.92 bits per heavy atom. The summed E-state index contributed by atoms with van der Waals surface area (Å²) in [6, 6.07) is 6.78. The van der Waals surface area contributed by atoms with Crippen LogP contribution in [-0.2, 0) is 11.8 Å². The van der Waals surface area contributed by atoms with Gasteiger partial charge in [0.25, 0.3) is 5.91 Å². The lowest BCUT2D eigenvalue weighted by atomic mass is 10.2. The van der Waals surface area contributed by atoms with E-state index in [1.54, 1.807) is 36.3 Å². The van der Waals surface area contributed by atoms with Gasteiger partial charge in [-0.3, -0.25) is 14.3 Å². The van der Waals surface area contributed by atoms with Crippen molar-refractivity contribution < 1.29 is 19.1 Å². The maximum Gasteiger partial charge on any atom is 0.269 e. The van der Waals surface area contributed by atoms with Gasteiger partial charge in [0.05, 0.1) is 6.04 Å². The summed E-state index contributed by atoms with van der Waals surface area (Å²) in [7, 11) is 1.70. The molecule has 1 N–H and O–H groups in total. The highest BCUT2D eigenvalue weighted by Crippen LogP contribution is 2.36. The van der Waals surface area contributed by atoms with Crippen molar-refractivity contribution in [1.29, 1.82) is 0 Å². The second kappa shape index (κ2) is 5.55. The number of aryl methyl sites for hydroxylation is 1. The fraction of sp³-hybridized carbons (Fsp3) is 0.312. The van der Waals surface area contributed by atoms with Crippen molar-refractivity contribution in [3.05, 3.63) is 36.2 Å². The predicted molar refractivity (Wildman–Crippen MR) is 84.0 cm³/mol. The summed E-state index contributed by atoms with van der Waals surface area (Å²) in [6.45, 7) is 0.609. The van der Waals surface area contributed by atoms with Gasteiger partial charge in [-0.05, 0) is 18.2 Å². The van der Waals surface area contributed by atoms with E-state index in [0.29, 0.717) is 23.7 Å². The van der Waals surface area contributed by atoms with Crippen LogP contribution in [0, 0.1) is 0 Å². The summed E-state index contributed by atoms with van der Waals surface area (Å²) < 4.78 is 12.1. The summed E-state index contributed by atoms with van der Waals surface area (Å²) >= 11 is 0. The molecule has 2 aliphatic heterocycles. The molecule has 4 rings (SSSR count). The van der Waals surface area contributed by atoms with Crippen LogP contribution in [0.1, 0.15) is 16.9 Å². The minimum atomic E-state index is -0.245. The van der Waals surface area contributed by atoms with E-state index in [9.17, 15) is 9.59 Å². The molecule has 0 aliphatic carbocycles. The maximum absolute atomic E-state index is 12.3. The number of carbonyl (C=O) groups excluding carboxylic acids is 2. The van der Waals surface area contributed by atoms with Gasteiger partial charge in [-0.25, -0.2) is 0 Å². The third-order valence-electron chi connectivity index (χ3n) is 4.18. The number of nitrogens with one attached hydrogen (secondary N) is 1. The van der Waals surface area contributed by atoms with E-state index in [1.165, 1.54) is 4.68 Å². The first kappa shape index (κ1) is 14.6. The van der Waals surface area contributed by atoms with Gasteiger partial charge in [-0.15, -0.1) is 0 Å². The van der Waals surface area contributed by atoms with E-state index < -0.39 is 0 Å². The molecule has 2 aliphatic rings. The standard InChI is InChI=1S/C16H16N4O4/c1-19-12(4-5-17-19)16(22)18-10-6-15(21)20(8-10)11-2-3-13-14(7-11)24-9-23-13/h2-5,7,10H,6,8-9H2,1H3,(H,18,22). The SMILES string of the molecule is Cn1nccc1C(=O)NC1CC(=O)N(c2ccc3c(c2)OCO3)C1. The van der Waals surface area contributed by atoms with E-state index in [0.717, 1.165) is 5.69 Å². The van der Waals surface area contributed by atoms with Gasteiger partial charge in [-0.2, -0.15) is 5.10 Å². The van der Waals surface area contributed by atoms with Gasteiger partial charge < -0.3 is 19.7 Å². The van der Waals surface area contributed by atoms with Crippen LogP contribution in [0.15, 0.2) is 30.5 Å². The Labute approximate surface area is 137 Å². The summed E-state index contributed by atoms with van der Waals surface area (Å²) in [5.74, 6) is 1.03. The zero-order valence-electron chi connectivity index (χ0n) is 13.1. The van der Waals surface area contributed by atoms with Crippen LogP contribution >= 0.6 is 0 Å². The summed E-state index contributed by atoms with van der Waals surface area (Å²) in [5, 5.41) is 6.86. The molecule has 1 atom stereocenters. The lowest BCUT2D eigenvalue weighted by Gasteiger charge is -2.17. The molecule has 1 aromatic carbocycles. The van der Waals surface area contributed by atoms with Crippen LogP contribution in [0.3, 0.4) is 0 Å². The molecule has 1 fully saturated rings. The first-order valence-corrected chi connectivity index (χ1v) is 7.61. The summed E-state index contributed by atoms with van der Waals surface area (Å²) in [6.07, 6.45) is 1.83. The average molecular weight is 328 g/mol. The molecule has 0 saturated carbocycles. The number of aromatic nitrogens is 2. The monoisotopic (exact) mass is 328 g/mol. The number of rotatable bonds is 3. The number of hydrogen-bond acceptors (Lipinski definition) is 5. The fourth-order valence-electron chi connectivity index (χ4n) is 2.96. The lowest BCUT2D eigenvalue weighted by molar-refractivity contribution is -0.117. The van der Waals surface area contributed by atoms with Gasteiger partial charge in [0.2, 0.25) is 12.7 Å². The summed E-state index contributed by atoms with van der Waals surface area (Å²) in [5.41, 5.74) is 1.20. The number of nitrogens with zero attached hydrogens (tertiary/aromatic N) is 3. The molecule has 0 radical (unpaired) electrons. The fourth-order valence-corrected chi connectivity index (χ4v) is 2.96. The third-order valence-corrected chi connectivity index (χ3v) is 4.18. The van der Waals surface area contributed by atoms with E-state index in [1.807, 2.05) is 6.07 Å². The van der Waals surface area contributed by atoms with E-state index in [-0.39, 0.29) is 31.1 Å². The van der Waals surface area contributed by atoms with Gasteiger partial charge in [-0.1, -0.05) is 0 Å². The number of hydrogen-bond donors (Lipinski definition) is 1. The normalized spacial score (nSPS) is 19.0. The van der Waals surface area contributed by atoms with E-state index >= 15 is 0 Å². The Morgan fingerprint density at radius 2 is 2.12 bits per heavy atom. The first-order chi connectivity index (χ1) is 11.6. The van der Waals surface area contributed by atoms with Crippen LogP contribution in [-0.4, -0.2) is 41.0 Å². The molecule has 1 aromatic heterocycles. The second-order valence-corrected chi connectivity index (χ2v) is 5.76. The summed E-state index contributed by atoms with van der Waals surface area (Å²) in [4.78, 5) is 26.2. The number of amides is 2. The molecule has 0 spiro atoms. The smallest absolute Gasteiger partial charge is 0.269 e. The minimum Gasteiger partial charge on any atom is -0.454 e. The average Bonchev–Trinajstić information content (AvgIpc) is 3.26. The quantitative estimate of drug-likeness (QED) is 0.896. The van der Waals surface area contributed by atoms with Crippen molar-refractivity contribution in [3.8, 4) is 11.5 Å². The Kier molecular flexibility index (Phi) is 3.37. The second-order valence-electron chi connectivity index (χ2n) is 5.76. The third kappa shape index (κ3) is 2.45. The van der Waals surface area contributed by atoms with E-state index in [4.69, 9.17) is 9.47 Å². The van der Waals surface area contributed by atoms with Crippen LogP contribution in [0.4, 0.5) is 5.69 Å². The number of anilines is 1. The van der Waals surface area contributed by atoms with Crippen LogP contribution in [0.25, 0.3) is 0 Å². The van der Waals surface area contributed by atoms with Crippen molar-refractivity contribution in [2.24, 2.45) is 7.05 Å². The van der Waals surface area contributed by atoms with Gasteiger partial charge in [0.1, 0.15) is 5.69 Å². The molecule has 8 nitrogen and oxygen atoms in total. The molecule has 124 valence electrons. The van der Waals surface area contributed by atoms with Crippen molar-refractivity contribution in [1.82, 2.24) is 15.1 Å². The molecular weight excluding hydrogens is 312 g/mol. The van der Waals surface area contributed by atoms with Crippen molar-refractivity contribution in [2.45, 2.75) is 12.5 Å². The highest BCUT2D eigenvalue weighted by Gasteiger charge is 2.32. The highest BCUT2D eigenvalue weighted by atomic mass is 16.7. The zero-order chi connectivity index (χ0) is 16.7. The topological polar surface area (TPSA) is 85.7 Å². The molecule has 1 unspecified atom stereocenters. The van der Waals surface area contributed by atoms with E-state index in [2.05, 4.69) is 10.4 Å². The Balaban J connectivity index is 1.47. The number of benzene rings is 1. The molecule has 1 saturated heterocycles. The highest BCUT2D eigenvalue weighted by molar-refractivity contribution is 5.98. The van der Waals surface area contributed by atoms with Gasteiger partial charge >= 0.3 is 0 Å². The molecule has 3 heterocycles. The van der Waals surface area contributed by atoms with Crippen molar-refractivity contribution >= 4 is 17.5 Å². The largest absolute Gasteiger partial charge is 0.454 e. The van der Waals surface area contributed by atoms with Crippen molar-refractivity contribution in [2.75, 3.05) is 18.2 Å². The Hall–Kier alpha value is -3.03. The number of carbonyl (C=O) groups is 2. The zero-order valence-corrected chi connectivity index (χ0v) is 13.1. The minimum absolute atomic E-state index is 0.0378. The van der Waals surface area contributed by atoms with Crippen LogP contribution in [0.5, 0.6) is 11.5 Å². The van der Waals surface area contributed by atoms with Crippen LogP contribution in [0.2, 0.25) is 0 Å². The molecule has 8 heteroatoms. The lowest BCUT2D eigenvalue weighted by Crippen LogP contribution is -2.38. The van der Waals surface area contributed by atoms with Crippen LogP contribution < -0.4 is 19.7 Å². The number of ether oxygens (including phenoxy) is 2. The molecule has 0 bridgehead atoms. The molecular formula is C16H16N4O4. The maximum atomic E-state index is 12.3. The first-order valence-electron chi connectivity index (χ1n) is 7.61. The molecule has 2 amide bonds. The Bertz CT molecular complexity index is 816.